The number of hydrogen-bond acceptors (Lipinski definition) is 5. The predicted octanol–water partition coefficient (Wildman–Crippen LogP) is 2.63. The highest BCUT2D eigenvalue weighted by Crippen LogP contribution is 2.24. The zero-order chi connectivity index (χ0) is 17.2. The molecule has 0 bridgehead atoms. The van der Waals surface area contributed by atoms with Crippen LogP contribution in [0.1, 0.15) is 16.8 Å². The van der Waals surface area contributed by atoms with Crippen LogP contribution in [0.2, 0.25) is 0 Å². The van der Waals surface area contributed by atoms with Gasteiger partial charge in [-0.3, -0.25) is 0 Å². The van der Waals surface area contributed by atoms with Crippen LogP contribution in [0.3, 0.4) is 0 Å². The molecule has 0 fully saturated rings. The zero-order valence-corrected chi connectivity index (χ0v) is 13.6. The zero-order valence-electron chi connectivity index (χ0n) is 13.6. The molecule has 0 amide bonds. The molecule has 0 atom stereocenters. The first-order valence-corrected chi connectivity index (χ1v) is 8.05. The van der Waals surface area contributed by atoms with Crippen molar-refractivity contribution in [2.45, 2.75) is 13.0 Å². The molecular weight excluding hydrogens is 312 g/mol. The Labute approximate surface area is 145 Å². The summed E-state index contributed by atoms with van der Waals surface area (Å²) in [6, 6.07) is 17.9. The molecule has 4 rings (SSSR count). The lowest BCUT2D eigenvalue weighted by atomic mass is 10.1. The second-order valence-electron chi connectivity index (χ2n) is 5.97. The Balaban J connectivity index is 1.77. The fourth-order valence-electron chi connectivity index (χ4n) is 2.92. The molecule has 0 aliphatic rings. The molecule has 0 radical (unpaired) electrons. The van der Waals surface area contributed by atoms with Gasteiger partial charge in [0.2, 0.25) is 0 Å². The molecule has 0 spiro atoms. The van der Waals surface area contributed by atoms with Crippen molar-refractivity contribution in [3.05, 3.63) is 77.7 Å². The highest BCUT2D eigenvalue weighted by Gasteiger charge is 2.16. The fraction of sp³-hybridized carbons (Fsp3) is 0.105. The lowest BCUT2D eigenvalue weighted by Gasteiger charge is -2.02. The quantitative estimate of drug-likeness (QED) is 0.561. The minimum Gasteiger partial charge on any atom is -0.399 e. The van der Waals surface area contributed by atoms with E-state index in [1.165, 1.54) is 6.33 Å². The molecule has 0 aliphatic carbocycles. The van der Waals surface area contributed by atoms with Crippen LogP contribution in [-0.2, 0) is 13.0 Å². The highest BCUT2D eigenvalue weighted by molar-refractivity contribution is 5.88. The van der Waals surface area contributed by atoms with Gasteiger partial charge in [0.1, 0.15) is 12.1 Å². The average Bonchev–Trinajstić information content (AvgIpc) is 2.97. The third-order valence-corrected chi connectivity index (χ3v) is 4.16. The summed E-state index contributed by atoms with van der Waals surface area (Å²) in [5, 5.41) is 5.58. The molecule has 2 aromatic heterocycles. The molecule has 4 N–H and O–H groups in total. The van der Waals surface area contributed by atoms with Crippen molar-refractivity contribution in [2.24, 2.45) is 0 Å². The van der Waals surface area contributed by atoms with Crippen LogP contribution in [0.5, 0.6) is 0 Å². The van der Waals surface area contributed by atoms with Gasteiger partial charge in [0, 0.05) is 12.1 Å². The Bertz CT molecular complexity index is 1010. The normalized spacial score (nSPS) is 11.0. The minimum absolute atomic E-state index is 0.453. The molecule has 124 valence electrons. The van der Waals surface area contributed by atoms with E-state index < -0.39 is 0 Å². The van der Waals surface area contributed by atoms with E-state index in [4.69, 9.17) is 16.6 Å². The van der Waals surface area contributed by atoms with Gasteiger partial charge < -0.3 is 11.5 Å². The number of rotatable bonds is 4. The SMILES string of the molecule is Nc1ccc(Cc2nn(Cc3ccccc3)c3ncnc(N)c23)cc1. The summed E-state index contributed by atoms with van der Waals surface area (Å²) < 4.78 is 1.88. The summed E-state index contributed by atoms with van der Waals surface area (Å²) in [4.78, 5) is 8.54. The molecule has 2 aromatic carbocycles. The van der Waals surface area contributed by atoms with E-state index in [-0.39, 0.29) is 0 Å². The summed E-state index contributed by atoms with van der Waals surface area (Å²) in [6.07, 6.45) is 2.13. The molecular formula is C19H18N6. The summed E-state index contributed by atoms with van der Waals surface area (Å²) in [7, 11) is 0. The number of aromatic nitrogens is 4. The van der Waals surface area contributed by atoms with Gasteiger partial charge in [-0.05, 0) is 23.3 Å². The molecule has 0 saturated heterocycles. The van der Waals surface area contributed by atoms with Crippen LogP contribution in [0.25, 0.3) is 11.0 Å². The molecule has 0 saturated carbocycles. The van der Waals surface area contributed by atoms with Gasteiger partial charge in [-0.25, -0.2) is 14.6 Å². The second-order valence-corrected chi connectivity index (χ2v) is 5.97. The monoisotopic (exact) mass is 330 g/mol. The second kappa shape index (κ2) is 6.24. The van der Waals surface area contributed by atoms with Crippen molar-refractivity contribution < 1.29 is 0 Å². The van der Waals surface area contributed by atoms with E-state index in [1.54, 1.807) is 0 Å². The topological polar surface area (TPSA) is 95.6 Å². The maximum atomic E-state index is 6.12. The first-order valence-electron chi connectivity index (χ1n) is 8.05. The Kier molecular flexibility index (Phi) is 3.78. The van der Waals surface area contributed by atoms with Crippen LogP contribution in [0, 0.1) is 0 Å². The number of benzene rings is 2. The van der Waals surface area contributed by atoms with Gasteiger partial charge in [-0.1, -0.05) is 42.5 Å². The smallest absolute Gasteiger partial charge is 0.163 e. The summed E-state index contributed by atoms with van der Waals surface area (Å²) >= 11 is 0. The van der Waals surface area contributed by atoms with E-state index >= 15 is 0 Å². The standard InChI is InChI=1S/C19H18N6/c20-15-8-6-13(7-9-15)10-16-17-18(21)22-12-23-19(17)25(24-16)11-14-4-2-1-3-5-14/h1-9,12H,10-11,20H2,(H2,21,22,23). The van der Waals surface area contributed by atoms with Crippen molar-refractivity contribution >= 4 is 22.5 Å². The molecule has 6 heteroatoms. The summed E-state index contributed by atoms with van der Waals surface area (Å²) in [6.45, 7) is 0.634. The van der Waals surface area contributed by atoms with Crippen LogP contribution >= 0.6 is 0 Å². The molecule has 25 heavy (non-hydrogen) atoms. The molecule has 0 aliphatic heterocycles. The van der Waals surface area contributed by atoms with Crippen molar-refractivity contribution in [2.75, 3.05) is 11.5 Å². The summed E-state index contributed by atoms with van der Waals surface area (Å²) in [5.74, 6) is 0.453. The Morgan fingerprint density at radius 2 is 1.60 bits per heavy atom. The predicted molar refractivity (Wildman–Crippen MR) is 98.9 cm³/mol. The third-order valence-electron chi connectivity index (χ3n) is 4.16. The van der Waals surface area contributed by atoms with Crippen LogP contribution in [0.4, 0.5) is 11.5 Å². The van der Waals surface area contributed by atoms with Gasteiger partial charge in [-0.2, -0.15) is 5.10 Å². The number of anilines is 2. The van der Waals surface area contributed by atoms with E-state index in [2.05, 4.69) is 22.1 Å². The third kappa shape index (κ3) is 3.01. The van der Waals surface area contributed by atoms with E-state index in [0.717, 1.165) is 33.5 Å². The highest BCUT2D eigenvalue weighted by atomic mass is 15.3. The number of nitrogens with zero attached hydrogens (tertiary/aromatic N) is 4. The number of fused-ring (bicyclic) bond motifs is 1. The maximum Gasteiger partial charge on any atom is 0.163 e. The van der Waals surface area contributed by atoms with Crippen LogP contribution in [-0.4, -0.2) is 19.7 Å². The van der Waals surface area contributed by atoms with Crippen molar-refractivity contribution in [3.63, 3.8) is 0 Å². The maximum absolute atomic E-state index is 6.12. The molecule has 4 aromatic rings. The summed E-state index contributed by atoms with van der Waals surface area (Å²) in [5.41, 5.74) is 16.5. The molecule has 2 heterocycles. The van der Waals surface area contributed by atoms with E-state index in [9.17, 15) is 0 Å². The van der Waals surface area contributed by atoms with Gasteiger partial charge >= 0.3 is 0 Å². The first kappa shape index (κ1) is 15.1. The van der Waals surface area contributed by atoms with Crippen molar-refractivity contribution in [1.82, 2.24) is 19.7 Å². The number of nitrogens with two attached hydrogens (primary N) is 2. The Morgan fingerprint density at radius 3 is 2.36 bits per heavy atom. The lowest BCUT2D eigenvalue weighted by Crippen LogP contribution is -2.03. The molecule has 0 unspecified atom stereocenters. The van der Waals surface area contributed by atoms with Gasteiger partial charge in [0.15, 0.2) is 5.65 Å². The van der Waals surface area contributed by atoms with Crippen molar-refractivity contribution in [1.29, 1.82) is 0 Å². The Hall–Kier alpha value is -3.41. The molecule has 6 nitrogen and oxygen atoms in total. The largest absolute Gasteiger partial charge is 0.399 e. The van der Waals surface area contributed by atoms with E-state index in [1.807, 2.05) is 47.1 Å². The lowest BCUT2D eigenvalue weighted by molar-refractivity contribution is 0.691. The van der Waals surface area contributed by atoms with Crippen LogP contribution < -0.4 is 11.5 Å². The first-order chi connectivity index (χ1) is 12.2. The minimum atomic E-state index is 0.453. The van der Waals surface area contributed by atoms with Crippen molar-refractivity contribution in [3.8, 4) is 0 Å². The van der Waals surface area contributed by atoms with Gasteiger partial charge in [0.05, 0.1) is 17.6 Å². The van der Waals surface area contributed by atoms with Gasteiger partial charge in [-0.15, -0.1) is 0 Å². The Morgan fingerprint density at radius 1 is 0.840 bits per heavy atom. The fourth-order valence-corrected chi connectivity index (χ4v) is 2.92. The van der Waals surface area contributed by atoms with E-state index in [0.29, 0.717) is 18.8 Å². The number of hydrogen-bond donors (Lipinski definition) is 2. The number of nitrogen functional groups attached to an aromatic ring is 2. The van der Waals surface area contributed by atoms with Crippen LogP contribution in [0.15, 0.2) is 60.9 Å². The van der Waals surface area contributed by atoms with Gasteiger partial charge in [0.25, 0.3) is 0 Å². The average molecular weight is 330 g/mol.